The molecule has 0 spiro atoms. The lowest BCUT2D eigenvalue weighted by atomic mass is 9.94. The lowest BCUT2D eigenvalue weighted by molar-refractivity contribution is -0.159. The second-order valence-corrected chi connectivity index (χ2v) is 7.28. The van der Waals surface area contributed by atoms with E-state index in [2.05, 4.69) is 17.1 Å². The van der Waals surface area contributed by atoms with Crippen LogP contribution < -0.4 is 0 Å². The largest absolute Gasteiger partial charge is 0.473 e. The molecule has 1 saturated heterocycles. The monoisotopic (exact) mass is 380 g/mol. The van der Waals surface area contributed by atoms with Crippen molar-refractivity contribution >= 4 is 29.2 Å². The highest BCUT2D eigenvalue weighted by atomic mass is 32.1. The summed E-state index contributed by atoms with van der Waals surface area (Å²) in [7, 11) is 0. The van der Waals surface area contributed by atoms with E-state index in [0.29, 0.717) is 0 Å². The summed E-state index contributed by atoms with van der Waals surface area (Å²) in [5.74, 6) is -2.62. The van der Waals surface area contributed by atoms with Crippen molar-refractivity contribution in [3.63, 3.8) is 0 Å². The molecule has 0 radical (unpaired) electrons. The van der Waals surface area contributed by atoms with E-state index in [1.54, 1.807) is 11.3 Å². The number of nitrogens with zero attached hydrogens (tertiary/aromatic N) is 2. The highest BCUT2D eigenvalue weighted by Crippen LogP contribution is 2.20. The molecule has 1 aliphatic carbocycles. The average molecular weight is 380 g/mol. The van der Waals surface area contributed by atoms with E-state index in [4.69, 9.17) is 19.8 Å². The normalized spacial score (nSPS) is 20.2. The molecule has 0 bridgehead atoms. The van der Waals surface area contributed by atoms with E-state index in [-0.39, 0.29) is 5.91 Å². The summed E-state index contributed by atoms with van der Waals surface area (Å²) in [6.45, 7) is 5.00. The summed E-state index contributed by atoms with van der Waals surface area (Å²) in [5, 5.41) is 16.8. The molecule has 1 aliphatic heterocycles. The van der Waals surface area contributed by atoms with Crippen LogP contribution in [0, 0.1) is 5.92 Å². The van der Waals surface area contributed by atoms with Gasteiger partial charge in [-0.05, 0) is 36.6 Å². The van der Waals surface area contributed by atoms with Crippen molar-refractivity contribution in [2.45, 2.75) is 19.3 Å². The van der Waals surface area contributed by atoms with Gasteiger partial charge in [0.15, 0.2) is 0 Å². The minimum atomic E-state index is -1.82. The van der Waals surface area contributed by atoms with Crippen molar-refractivity contribution in [3.05, 3.63) is 34.5 Å². The number of hydrogen-bond acceptors (Lipinski definition) is 5. The number of carboxylic acid groups (broad SMARTS) is 2. The third kappa shape index (κ3) is 6.27. The number of piperazine rings is 1. The zero-order valence-corrected chi connectivity index (χ0v) is 15.4. The number of carbonyl (C=O) groups excluding carboxylic acids is 1. The first kappa shape index (κ1) is 20.1. The fourth-order valence-corrected chi connectivity index (χ4v) is 3.77. The van der Waals surface area contributed by atoms with Crippen molar-refractivity contribution in [2.75, 3.05) is 32.7 Å². The number of carbonyl (C=O) groups is 3. The lowest BCUT2D eigenvalue weighted by Crippen LogP contribution is -2.49. The summed E-state index contributed by atoms with van der Waals surface area (Å²) in [6.07, 6.45) is 8.42. The number of hydrogen-bond donors (Lipinski definition) is 2. The van der Waals surface area contributed by atoms with Crippen LogP contribution in [-0.4, -0.2) is 70.6 Å². The number of carboxylic acids is 2. The van der Waals surface area contributed by atoms with E-state index in [1.807, 2.05) is 22.4 Å². The fraction of sp³-hybridized carbons (Fsp3) is 0.500. The number of allylic oxidation sites excluding steroid dienone is 2. The SMILES string of the molecule is O=C(O)C(=O)O.O=C(c1cccs1)N1CCN(CC2CC=CCC2)CC1. The molecule has 7 nitrogen and oxygen atoms in total. The Hall–Kier alpha value is -2.19. The van der Waals surface area contributed by atoms with Gasteiger partial charge < -0.3 is 15.1 Å². The second kappa shape index (κ2) is 10.1. The van der Waals surface area contributed by atoms with Crippen molar-refractivity contribution < 1.29 is 24.6 Å². The van der Waals surface area contributed by atoms with Crippen molar-refractivity contribution in [1.29, 1.82) is 0 Å². The minimum Gasteiger partial charge on any atom is -0.473 e. The highest BCUT2D eigenvalue weighted by molar-refractivity contribution is 7.12. The maximum atomic E-state index is 12.3. The summed E-state index contributed by atoms with van der Waals surface area (Å²) in [6, 6.07) is 3.87. The van der Waals surface area contributed by atoms with Gasteiger partial charge in [-0.25, -0.2) is 9.59 Å². The summed E-state index contributed by atoms with van der Waals surface area (Å²) in [4.78, 5) is 35.9. The highest BCUT2D eigenvalue weighted by Gasteiger charge is 2.24. The molecule has 1 unspecified atom stereocenters. The maximum absolute atomic E-state index is 12.3. The number of aliphatic carboxylic acids is 2. The maximum Gasteiger partial charge on any atom is 0.414 e. The third-order valence-electron chi connectivity index (χ3n) is 4.47. The Bertz CT molecular complexity index is 624. The molecule has 8 heteroatoms. The Kier molecular flexibility index (Phi) is 7.80. The van der Waals surface area contributed by atoms with Crippen LogP contribution in [0.5, 0.6) is 0 Å². The molecule has 3 rings (SSSR count). The van der Waals surface area contributed by atoms with Crippen molar-refractivity contribution in [3.8, 4) is 0 Å². The van der Waals surface area contributed by atoms with Gasteiger partial charge in [0.1, 0.15) is 0 Å². The second-order valence-electron chi connectivity index (χ2n) is 6.33. The van der Waals surface area contributed by atoms with Gasteiger partial charge in [-0.15, -0.1) is 11.3 Å². The molecule has 1 atom stereocenters. The molecule has 0 saturated carbocycles. The Morgan fingerprint density at radius 3 is 2.27 bits per heavy atom. The molecule has 0 aromatic carbocycles. The van der Waals surface area contributed by atoms with Crippen LogP contribution in [0.1, 0.15) is 28.9 Å². The summed E-state index contributed by atoms with van der Waals surface area (Å²) < 4.78 is 0. The topological polar surface area (TPSA) is 98.1 Å². The first-order valence-corrected chi connectivity index (χ1v) is 9.51. The molecule has 142 valence electrons. The van der Waals surface area contributed by atoms with Crippen molar-refractivity contribution in [1.82, 2.24) is 9.80 Å². The molecule has 2 aliphatic rings. The van der Waals surface area contributed by atoms with Gasteiger partial charge in [0, 0.05) is 32.7 Å². The summed E-state index contributed by atoms with van der Waals surface area (Å²) >= 11 is 1.54. The van der Waals surface area contributed by atoms with Gasteiger partial charge in [-0.1, -0.05) is 18.2 Å². The van der Waals surface area contributed by atoms with Crippen LogP contribution in [0.2, 0.25) is 0 Å². The number of amides is 1. The molecule has 2 heterocycles. The van der Waals surface area contributed by atoms with E-state index in [9.17, 15) is 4.79 Å². The minimum absolute atomic E-state index is 0.209. The van der Waals surface area contributed by atoms with Gasteiger partial charge in [-0.2, -0.15) is 0 Å². The van der Waals surface area contributed by atoms with Crippen LogP contribution >= 0.6 is 11.3 Å². The van der Waals surface area contributed by atoms with Gasteiger partial charge >= 0.3 is 11.9 Å². The van der Waals surface area contributed by atoms with Gasteiger partial charge in [0.25, 0.3) is 5.91 Å². The Morgan fingerprint density at radius 1 is 1.08 bits per heavy atom. The fourth-order valence-electron chi connectivity index (χ4n) is 3.08. The Balaban J connectivity index is 0.000000352. The van der Waals surface area contributed by atoms with Gasteiger partial charge in [0.05, 0.1) is 4.88 Å². The van der Waals surface area contributed by atoms with Crippen LogP contribution in [-0.2, 0) is 9.59 Å². The Labute approximate surface area is 156 Å². The zero-order chi connectivity index (χ0) is 18.9. The first-order chi connectivity index (χ1) is 12.5. The quantitative estimate of drug-likeness (QED) is 0.615. The van der Waals surface area contributed by atoms with Gasteiger partial charge in [-0.3, -0.25) is 9.69 Å². The molecule has 1 amide bonds. The average Bonchev–Trinajstić information content (AvgIpc) is 3.18. The molecule has 1 aromatic rings. The van der Waals surface area contributed by atoms with Crippen LogP contribution in [0.15, 0.2) is 29.7 Å². The first-order valence-electron chi connectivity index (χ1n) is 8.63. The van der Waals surface area contributed by atoms with Crippen LogP contribution in [0.25, 0.3) is 0 Å². The number of thiophene rings is 1. The van der Waals surface area contributed by atoms with E-state index in [1.165, 1.54) is 25.8 Å². The predicted octanol–water partition coefficient (Wildman–Crippen LogP) is 2.02. The molecular formula is C18H24N2O5S. The van der Waals surface area contributed by atoms with Gasteiger partial charge in [0.2, 0.25) is 0 Å². The predicted molar refractivity (Wildman–Crippen MR) is 98.4 cm³/mol. The van der Waals surface area contributed by atoms with Crippen molar-refractivity contribution in [2.24, 2.45) is 5.92 Å². The molecular weight excluding hydrogens is 356 g/mol. The molecule has 26 heavy (non-hydrogen) atoms. The van der Waals surface area contributed by atoms with Crippen LogP contribution in [0.3, 0.4) is 0 Å². The van der Waals surface area contributed by atoms with E-state index in [0.717, 1.165) is 37.0 Å². The molecule has 1 fully saturated rings. The lowest BCUT2D eigenvalue weighted by Gasteiger charge is -2.36. The van der Waals surface area contributed by atoms with E-state index < -0.39 is 11.9 Å². The van der Waals surface area contributed by atoms with E-state index >= 15 is 0 Å². The molecule has 2 N–H and O–H groups in total. The number of rotatable bonds is 3. The standard InChI is InChI=1S/C16H22N2OS.C2H2O4/c19-16(15-7-4-12-20-15)18-10-8-17(9-11-18)13-14-5-2-1-3-6-14;3-1(4)2(5)6/h1-2,4,7,12,14H,3,5-6,8-11,13H2;(H,3,4)(H,5,6). The smallest absolute Gasteiger partial charge is 0.414 e. The zero-order valence-electron chi connectivity index (χ0n) is 14.5. The summed E-state index contributed by atoms with van der Waals surface area (Å²) in [5.41, 5.74) is 0. The third-order valence-corrected chi connectivity index (χ3v) is 5.33. The van der Waals surface area contributed by atoms with Crippen LogP contribution in [0.4, 0.5) is 0 Å². The Morgan fingerprint density at radius 2 is 1.77 bits per heavy atom. The molecule has 1 aromatic heterocycles.